The third-order valence-corrected chi connectivity index (χ3v) is 7.14. The number of nitrogens with zero attached hydrogens (tertiary/aromatic N) is 2. The highest BCUT2D eigenvalue weighted by molar-refractivity contribution is 7.20. The summed E-state index contributed by atoms with van der Waals surface area (Å²) in [4.78, 5) is 18.3. The van der Waals surface area contributed by atoms with Crippen LogP contribution < -0.4 is 4.74 Å². The number of aryl methyl sites for hydroxylation is 1. The Balaban J connectivity index is 1.41. The van der Waals surface area contributed by atoms with Crippen molar-refractivity contribution in [3.05, 3.63) is 42.2 Å². The Hall–Kier alpha value is -2.34. The molecule has 34 heavy (non-hydrogen) atoms. The van der Waals surface area contributed by atoms with Crippen LogP contribution in [0.5, 0.6) is 5.88 Å². The zero-order chi connectivity index (χ0) is 24.0. The molecule has 0 aliphatic heterocycles. The van der Waals surface area contributed by atoms with E-state index in [0.29, 0.717) is 6.61 Å². The van der Waals surface area contributed by atoms with Gasteiger partial charge in [0.25, 0.3) is 0 Å². The first-order chi connectivity index (χ1) is 16.7. The third-order valence-electron chi connectivity index (χ3n) is 6.10. The summed E-state index contributed by atoms with van der Waals surface area (Å²) in [6.07, 6.45) is 19.1. The number of imidazole rings is 1. The molecular formula is C28H40N2O3S. The summed E-state index contributed by atoms with van der Waals surface area (Å²) in [5.41, 5.74) is 2.58. The highest BCUT2D eigenvalue weighted by Crippen LogP contribution is 2.30. The molecule has 0 fully saturated rings. The zero-order valence-electron chi connectivity index (χ0n) is 20.9. The lowest BCUT2D eigenvalue weighted by Gasteiger charge is -2.04. The van der Waals surface area contributed by atoms with Gasteiger partial charge in [-0.05, 0) is 30.4 Å². The molecule has 6 heteroatoms. The van der Waals surface area contributed by atoms with Crippen molar-refractivity contribution in [2.75, 3.05) is 6.61 Å². The van der Waals surface area contributed by atoms with Crippen molar-refractivity contribution in [3.8, 4) is 16.3 Å². The van der Waals surface area contributed by atoms with E-state index in [0.717, 1.165) is 29.1 Å². The average molecular weight is 485 g/mol. The van der Waals surface area contributed by atoms with E-state index in [2.05, 4.69) is 43.1 Å². The lowest BCUT2D eigenvalue weighted by atomic mass is 10.0. The van der Waals surface area contributed by atoms with Crippen molar-refractivity contribution in [1.82, 2.24) is 9.38 Å². The van der Waals surface area contributed by atoms with E-state index in [1.807, 2.05) is 10.6 Å². The number of thiazole rings is 1. The maximum absolute atomic E-state index is 11.9. The minimum absolute atomic E-state index is 0.278. The van der Waals surface area contributed by atoms with Gasteiger partial charge in [0.1, 0.15) is 0 Å². The summed E-state index contributed by atoms with van der Waals surface area (Å²) >= 11 is 1.58. The van der Waals surface area contributed by atoms with Crippen molar-refractivity contribution >= 4 is 22.5 Å². The number of fused-ring (bicyclic) bond motifs is 1. The molecule has 1 aromatic carbocycles. The largest absolute Gasteiger partial charge is 0.515 e. The lowest BCUT2D eigenvalue weighted by Crippen LogP contribution is -2.11. The fourth-order valence-electron chi connectivity index (χ4n) is 4.05. The second-order valence-electron chi connectivity index (χ2n) is 9.05. The molecular weight excluding hydrogens is 444 g/mol. The van der Waals surface area contributed by atoms with E-state index in [-0.39, 0.29) is 5.88 Å². The molecule has 0 N–H and O–H groups in total. The summed E-state index contributed by atoms with van der Waals surface area (Å²) in [5, 5.41) is 0. The Morgan fingerprint density at radius 1 is 0.853 bits per heavy atom. The molecule has 0 amide bonds. The Bertz CT molecular complexity index is 946. The molecule has 0 bridgehead atoms. The van der Waals surface area contributed by atoms with Gasteiger partial charge >= 0.3 is 6.16 Å². The number of hydrogen-bond donors (Lipinski definition) is 0. The smallest absolute Gasteiger partial charge is 0.434 e. The highest BCUT2D eigenvalue weighted by Gasteiger charge is 2.13. The molecule has 3 aromatic rings. The minimum atomic E-state index is -0.680. The van der Waals surface area contributed by atoms with Crippen molar-refractivity contribution in [3.63, 3.8) is 0 Å². The van der Waals surface area contributed by atoms with Crippen LogP contribution in [0.4, 0.5) is 4.79 Å². The Morgan fingerprint density at radius 2 is 1.50 bits per heavy atom. The molecule has 0 radical (unpaired) electrons. The van der Waals surface area contributed by atoms with Crippen LogP contribution in [-0.4, -0.2) is 22.1 Å². The number of unbranched alkanes of at least 4 members (excludes halogenated alkanes) is 10. The van der Waals surface area contributed by atoms with Gasteiger partial charge in [0, 0.05) is 6.20 Å². The number of rotatable bonds is 16. The van der Waals surface area contributed by atoms with E-state index in [1.54, 1.807) is 17.5 Å². The molecule has 0 atom stereocenters. The standard InChI is InChI=1S/C28H40N2O3S/c1-3-5-7-9-11-13-15-23-16-18-24(19-17-23)25-21-30-22-26(29-27(30)34-25)33-28(31)32-20-14-12-10-8-6-4-2/h16-19,21-22H,3-15,20H2,1-2H3. The van der Waals surface area contributed by atoms with Crippen LogP contribution in [-0.2, 0) is 11.2 Å². The monoisotopic (exact) mass is 484 g/mol. The molecule has 186 valence electrons. The summed E-state index contributed by atoms with van der Waals surface area (Å²) in [6, 6.07) is 8.85. The van der Waals surface area contributed by atoms with E-state index >= 15 is 0 Å². The second kappa shape index (κ2) is 14.8. The molecule has 3 rings (SSSR count). The summed E-state index contributed by atoms with van der Waals surface area (Å²) in [5.74, 6) is 0.278. The predicted octanol–water partition coefficient (Wildman–Crippen LogP) is 8.84. The van der Waals surface area contributed by atoms with Gasteiger partial charge in [-0.1, -0.05) is 114 Å². The van der Waals surface area contributed by atoms with Gasteiger partial charge < -0.3 is 9.47 Å². The maximum Gasteiger partial charge on any atom is 0.515 e. The Labute approximate surface area is 208 Å². The fraction of sp³-hybridized carbons (Fsp3) is 0.571. The number of carbonyl (C=O) groups is 1. The van der Waals surface area contributed by atoms with Crippen molar-refractivity contribution < 1.29 is 14.3 Å². The number of benzene rings is 1. The number of hydrogen-bond acceptors (Lipinski definition) is 5. The van der Waals surface area contributed by atoms with E-state index in [9.17, 15) is 4.79 Å². The summed E-state index contributed by atoms with van der Waals surface area (Å²) in [7, 11) is 0. The van der Waals surface area contributed by atoms with Crippen LogP contribution in [0.25, 0.3) is 15.4 Å². The SMILES string of the molecule is CCCCCCCCOC(=O)Oc1cn2cc(-c3ccc(CCCCCCCC)cc3)sc2n1. The molecule has 2 heterocycles. The van der Waals surface area contributed by atoms with Gasteiger partial charge in [-0.3, -0.25) is 4.40 Å². The number of ether oxygens (including phenoxy) is 2. The molecule has 5 nitrogen and oxygen atoms in total. The van der Waals surface area contributed by atoms with E-state index < -0.39 is 6.16 Å². The van der Waals surface area contributed by atoms with Crippen LogP contribution in [0.2, 0.25) is 0 Å². The van der Waals surface area contributed by atoms with E-state index in [1.165, 1.54) is 75.3 Å². The third kappa shape index (κ3) is 8.79. The first kappa shape index (κ1) is 26.3. The maximum atomic E-state index is 11.9. The average Bonchev–Trinajstić information content (AvgIpc) is 3.40. The second-order valence-corrected chi connectivity index (χ2v) is 10.1. The molecule has 0 saturated carbocycles. The normalized spacial score (nSPS) is 11.2. The zero-order valence-corrected chi connectivity index (χ0v) is 21.7. The van der Waals surface area contributed by atoms with E-state index in [4.69, 9.17) is 9.47 Å². The fourth-order valence-corrected chi connectivity index (χ4v) is 5.02. The molecule has 0 spiro atoms. The lowest BCUT2D eigenvalue weighted by molar-refractivity contribution is 0.0959. The molecule has 0 aliphatic carbocycles. The van der Waals surface area contributed by atoms with Gasteiger partial charge in [0.15, 0.2) is 4.96 Å². The summed E-state index contributed by atoms with van der Waals surface area (Å²) in [6.45, 7) is 4.86. The molecule has 0 aliphatic rings. The van der Waals surface area contributed by atoms with Gasteiger partial charge in [0.05, 0.1) is 17.7 Å². The summed E-state index contributed by atoms with van der Waals surface area (Å²) < 4.78 is 12.3. The van der Waals surface area contributed by atoms with Crippen molar-refractivity contribution in [2.24, 2.45) is 0 Å². The van der Waals surface area contributed by atoms with Gasteiger partial charge in [0.2, 0.25) is 5.88 Å². The van der Waals surface area contributed by atoms with Crippen molar-refractivity contribution in [2.45, 2.75) is 97.3 Å². The Morgan fingerprint density at radius 3 is 2.18 bits per heavy atom. The molecule has 0 saturated heterocycles. The quantitative estimate of drug-likeness (QED) is 0.150. The van der Waals surface area contributed by atoms with Crippen molar-refractivity contribution in [1.29, 1.82) is 0 Å². The Kier molecular flexibility index (Phi) is 11.5. The topological polar surface area (TPSA) is 52.8 Å². The highest BCUT2D eigenvalue weighted by atomic mass is 32.1. The molecule has 0 unspecified atom stereocenters. The number of carbonyl (C=O) groups excluding carboxylic acids is 1. The first-order valence-electron chi connectivity index (χ1n) is 13.1. The van der Waals surface area contributed by atoms with Crippen LogP contribution in [0.3, 0.4) is 0 Å². The van der Waals surface area contributed by atoms with Gasteiger partial charge in [-0.15, -0.1) is 0 Å². The van der Waals surface area contributed by atoms with Crippen LogP contribution in [0.15, 0.2) is 36.7 Å². The number of aromatic nitrogens is 2. The predicted molar refractivity (Wildman–Crippen MR) is 141 cm³/mol. The van der Waals surface area contributed by atoms with Crippen LogP contribution >= 0.6 is 11.3 Å². The van der Waals surface area contributed by atoms with Gasteiger partial charge in [-0.2, -0.15) is 4.98 Å². The minimum Gasteiger partial charge on any atom is -0.434 e. The van der Waals surface area contributed by atoms with Gasteiger partial charge in [-0.25, -0.2) is 4.79 Å². The van der Waals surface area contributed by atoms with Crippen LogP contribution in [0.1, 0.15) is 96.5 Å². The van der Waals surface area contributed by atoms with Crippen LogP contribution in [0, 0.1) is 0 Å². The molecule has 2 aromatic heterocycles. The first-order valence-corrected chi connectivity index (χ1v) is 13.9.